The Morgan fingerprint density at radius 3 is 2.90 bits per heavy atom. The summed E-state index contributed by atoms with van der Waals surface area (Å²) >= 11 is 0. The molecule has 0 bridgehead atoms. The van der Waals surface area contributed by atoms with Crippen LogP contribution < -0.4 is 5.32 Å². The molecule has 0 unspecified atom stereocenters. The van der Waals surface area contributed by atoms with Gasteiger partial charge in [0.15, 0.2) is 0 Å². The predicted molar refractivity (Wildman–Crippen MR) is 76.9 cm³/mol. The van der Waals surface area contributed by atoms with Crippen molar-refractivity contribution in [3.8, 4) is 0 Å². The van der Waals surface area contributed by atoms with Crippen molar-refractivity contribution in [2.24, 2.45) is 7.05 Å². The second-order valence-corrected chi connectivity index (χ2v) is 4.76. The maximum absolute atomic E-state index is 11.4. The van der Waals surface area contributed by atoms with Crippen LogP contribution in [0.5, 0.6) is 0 Å². The van der Waals surface area contributed by atoms with Gasteiger partial charge in [-0.1, -0.05) is 18.2 Å². The minimum atomic E-state index is -0.978. The van der Waals surface area contributed by atoms with Gasteiger partial charge in [0.25, 0.3) is 0 Å². The molecule has 0 spiro atoms. The van der Waals surface area contributed by atoms with Crippen LogP contribution in [0.2, 0.25) is 0 Å². The first-order valence-corrected chi connectivity index (χ1v) is 6.57. The van der Waals surface area contributed by atoms with Crippen LogP contribution in [0, 0.1) is 0 Å². The Hall–Kier alpha value is -2.60. The van der Waals surface area contributed by atoms with E-state index in [9.17, 15) is 9.90 Å². The SMILES string of the molecule is Cn1ccnc1CNCc1oc2ccccc2c1C(=O)O. The van der Waals surface area contributed by atoms with Crippen LogP contribution in [-0.4, -0.2) is 20.6 Å². The molecule has 3 rings (SSSR count). The largest absolute Gasteiger partial charge is 0.478 e. The smallest absolute Gasteiger partial charge is 0.339 e. The number of nitrogens with zero attached hydrogens (tertiary/aromatic N) is 2. The fourth-order valence-corrected chi connectivity index (χ4v) is 2.31. The molecule has 108 valence electrons. The Balaban J connectivity index is 1.82. The van der Waals surface area contributed by atoms with Crippen LogP contribution in [0.1, 0.15) is 21.9 Å². The molecule has 0 fully saturated rings. The number of carboxylic acid groups (broad SMARTS) is 1. The lowest BCUT2D eigenvalue weighted by atomic mass is 10.1. The number of nitrogens with one attached hydrogen (secondary N) is 1. The number of furan rings is 1. The summed E-state index contributed by atoms with van der Waals surface area (Å²) in [5, 5.41) is 13.2. The summed E-state index contributed by atoms with van der Waals surface area (Å²) in [5.74, 6) is 0.328. The molecule has 2 aromatic heterocycles. The molecule has 6 nitrogen and oxygen atoms in total. The van der Waals surface area contributed by atoms with E-state index < -0.39 is 5.97 Å². The highest BCUT2D eigenvalue weighted by Crippen LogP contribution is 2.25. The molecule has 2 heterocycles. The molecule has 0 aliphatic rings. The summed E-state index contributed by atoms with van der Waals surface area (Å²) in [6.45, 7) is 0.878. The van der Waals surface area contributed by atoms with Gasteiger partial charge in [0.2, 0.25) is 0 Å². The van der Waals surface area contributed by atoms with E-state index in [0.29, 0.717) is 29.8 Å². The Bertz CT molecular complexity index is 788. The average molecular weight is 285 g/mol. The van der Waals surface area contributed by atoms with Crippen molar-refractivity contribution >= 4 is 16.9 Å². The number of benzene rings is 1. The van der Waals surface area contributed by atoms with E-state index in [1.165, 1.54) is 0 Å². The predicted octanol–water partition coefficient (Wildman–Crippen LogP) is 2.15. The molecular weight excluding hydrogens is 270 g/mol. The molecule has 3 aromatic rings. The van der Waals surface area contributed by atoms with Crippen LogP contribution in [0.4, 0.5) is 0 Å². The lowest BCUT2D eigenvalue weighted by Gasteiger charge is -2.04. The van der Waals surface area contributed by atoms with Crippen molar-refractivity contribution in [1.29, 1.82) is 0 Å². The van der Waals surface area contributed by atoms with E-state index in [1.807, 2.05) is 23.9 Å². The molecule has 0 aliphatic carbocycles. The third-order valence-corrected chi connectivity index (χ3v) is 3.37. The van der Waals surface area contributed by atoms with Crippen LogP contribution in [0.15, 0.2) is 41.1 Å². The molecule has 21 heavy (non-hydrogen) atoms. The monoisotopic (exact) mass is 285 g/mol. The molecule has 0 amide bonds. The number of hydrogen-bond acceptors (Lipinski definition) is 4. The number of aromatic nitrogens is 2. The van der Waals surface area contributed by atoms with Gasteiger partial charge in [0.1, 0.15) is 22.7 Å². The molecule has 0 saturated carbocycles. The van der Waals surface area contributed by atoms with Gasteiger partial charge in [-0.05, 0) is 6.07 Å². The second kappa shape index (κ2) is 5.41. The number of para-hydroxylation sites is 1. The average Bonchev–Trinajstić information content (AvgIpc) is 3.02. The quantitative estimate of drug-likeness (QED) is 0.751. The highest BCUT2D eigenvalue weighted by molar-refractivity contribution is 6.03. The Morgan fingerprint density at radius 1 is 1.38 bits per heavy atom. The molecule has 0 radical (unpaired) electrons. The van der Waals surface area contributed by atoms with E-state index in [0.717, 1.165) is 5.82 Å². The summed E-state index contributed by atoms with van der Waals surface area (Å²) < 4.78 is 7.55. The third-order valence-electron chi connectivity index (χ3n) is 3.37. The van der Waals surface area contributed by atoms with Gasteiger partial charge >= 0.3 is 5.97 Å². The standard InChI is InChI=1S/C15H15N3O3/c1-18-7-6-17-13(18)9-16-8-12-14(15(19)20)10-4-2-3-5-11(10)21-12/h2-7,16H,8-9H2,1H3,(H,19,20). The zero-order chi connectivity index (χ0) is 14.8. The summed E-state index contributed by atoms with van der Waals surface area (Å²) in [4.78, 5) is 15.6. The molecular formula is C15H15N3O3. The Labute approximate surface area is 121 Å². The number of imidazole rings is 1. The number of aryl methyl sites for hydroxylation is 1. The lowest BCUT2D eigenvalue weighted by molar-refractivity contribution is 0.0696. The van der Waals surface area contributed by atoms with Crippen LogP contribution >= 0.6 is 0 Å². The van der Waals surface area contributed by atoms with Gasteiger partial charge in [-0.2, -0.15) is 0 Å². The first-order chi connectivity index (χ1) is 10.2. The molecule has 0 aliphatic heterocycles. The summed E-state index contributed by atoms with van der Waals surface area (Å²) in [5.41, 5.74) is 0.807. The summed E-state index contributed by atoms with van der Waals surface area (Å²) in [6, 6.07) is 7.15. The zero-order valence-electron chi connectivity index (χ0n) is 11.5. The molecule has 0 saturated heterocycles. The second-order valence-electron chi connectivity index (χ2n) is 4.76. The first kappa shape index (κ1) is 13.4. The van der Waals surface area contributed by atoms with Crippen LogP contribution in [0.3, 0.4) is 0 Å². The van der Waals surface area contributed by atoms with E-state index >= 15 is 0 Å². The molecule has 0 atom stereocenters. The van der Waals surface area contributed by atoms with Gasteiger partial charge in [-0.3, -0.25) is 0 Å². The maximum atomic E-state index is 11.4. The zero-order valence-corrected chi connectivity index (χ0v) is 11.5. The summed E-state index contributed by atoms with van der Waals surface area (Å²) in [7, 11) is 1.91. The molecule has 1 aromatic carbocycles. The summed E-state index contributed by atoms with van der Waals surface area (Å²) in [6.07, 6.45) is 3.59. The van der Waals surface area contributed by atoms with E-state index in [1.54, 1.807) is 24.4 Å². The van der Waals surface area contributed by atoms with E-state index in [-0.39, 0.29) is 5.56 Å². The topological polar surface area (TPSA) is 80.3 Å². The highest BCUT2D eigenvalue weighted by atomic mass is 16.4. The van der Waals surface area contributed by atoms with Crippen molar-refractivity contribution in [2.45, 2.75) is 13.1 Å². The van der Waals surface area contributed by atoms with Crippen molar-refractivity contribution in [1.82, 2.24) is 14.9 Å². The van der Waals surface area contributed by atoms with E-state index in [4.69, 9.17) is 4.42 Å². The van der Waals surface area contributed by atoms with Crippen molar-refractivity contribution < 1.29 is 14.3 Å². The minimum Gasteiger partial charge on any atom is -0.478 e. The van der Waals surface area contributed by atoms with Crippen molar-refractivity contribution in [3.05, 3.63) is 53.8 Å². The van der Waals surface area contributed by atoms with Gasteiger partial charge in [-0.25, -0.2) is 9.78 Å². The van der Waals surface area contributed by atoms with Gasteiger partial charge in [-0.15, -0.1) is 0 Å². The Kier molecular flexibility index (Phi) is 3.45. The first-order valence-electron chi connectivity index (χ1n) is 6.57. The Morgan fingerprint density at radius 2 is 2.19 bits per heavy atom. The third kappa shape index (κ3) is 2.53. The van der Waals surface area contributed by atoms with Crippen LogP contribution in [0.25, 0.3) is 11.0 Å². The number of fused-ring (bicyclic) bond motifs is 1. The van der Waals surface area contributed by atoms with Gasteiger partial charge in [0, 0.05) is 24.8 Å². The molecule has 2 N–H and O–H groups in total. The van der Waals surface area contributed by atoms with E-state index in [2.05, 4.69) is 10.3 Å². The van der Waals surface area contributed by atoms with Gasteiger partial charge < -0.3 is 19.4 Å². The minimum absolute atomic E-state index is 0.220. The highest BCUT2D eigenvalue weighted by Gasteiger charge is 2.19. The number of carbonyl (C=O) groups is 1. The number of rotatable bonds is 5. The molecule has 6 heteroatoms. The lowest BCUT2D eigenvalue weighted by Crippen LogP contribution is -2.16. The fraction of sp³-hybridized carbons (Fsp3) is 0.200. The number of carboxylic acids is 1. The van der Waals surface area contributed by atoms with Crippen molar-refractivity contribution in [3.63, 3.8) is 0 Å². The number of hydrogen-bond donors (Lipinski definition) is 2. The normalized spacial score (nSPS) is 11.1. The fourth-order valence-electron chi connectivity index (χ4n) is 2.31. The maximum Gasteiger partial charge on any atom is 0.339 e. The van der Waals surface area contributed by atoms with Gasteiger partial charge in [0.05, 0.1) is 13.1 Å². The number of aromatic carboxylic acids is 1. The van der Waals surface area contributed by atoms with Crippen LogP contribution in [-0.2, 0) is 20.1 Å². The van der Waals surface area contributed by atoms with Crippen molar-refractivity contribution in [2.75, 3.05) is 0 Å².